The highest BCUT2D eigenvalue weighted by Gasteiger charge is 2.26. The molecule has 1 saturated carbocycles. The summed E-state index contributed by atoms with van der Waals surface area (Å²) in [7, 11) is 0. The molecule has 2 amide bonds. The molecule has 0 spiro atoms. The Kier molecular flexibility index (Phi) is 5.96. The molecular formula is C18H27N5O2. The number of carbonyl (C=O) groups excluding carboxylic acids is 2. The van der Waals surface area contributed by atoms with Gasteiger partial charge in [0, 0.05) is 31.4 Å². The molecule has 136 valence electrons. The van der Waals surface area contributed by atoms with E-state index < -0.39 is 0 Å². The topological polar surface area (TPSA) is 87.2 Å². The summed E-state index contributed by atoms with van der Waals surface area (Å²) in [6, 6.07) is 0.555. The monoisotopic (exact) mass is 345 g/mol. The summed E-state index contributed by atoms with van der Waals surface area (Å²) in [5.41, 5.74) is 1.39. The second-order valence-electron chi connectivity index (χ2n) is 7.00. The van der Waals surface area contributed by atoms with Crippen LogP contribution in [0.25, 0.3) is 0 Å². The Labute approximate surface area is 148 Å². The Morgan fingerprint density at radius 3 is 2.56 bits per heavy atom. The van der Waals surface area contributed by atoms with Gasteiger partial charge in [-0.1, -0.05) is 13.3 Å². The first-order chi connectivity index (χ1) is 12.2. The van der Waals surface area contributed by atoms with Crippen molar-refractivity contribution in [1.82, 2.24) is 25.5 Å². The highest BCUT2D eigenvalue weighted by molar-refractivity contribution is 5.95. The number of piperidine rings is 1. The van der Waals surface area contributed by atoms with Crippen LogP contribution < -0.4 is 10.6 Å². The number of nitrogens with one attached hydrogen (secondary N) is 2. The third-order valence-corrected chi connectivity index (χ3v) is 4.76. The Bertz CT molecular complexity index is 609. The fourth-order valence-corrected chi connectivity index (χ4v) is 3.18. The van der Waals surface area contributed by atoms with E-state index in [-0.39, 0.29) is 17.9 Å². The maximum Gasteiger partial charge on any atom is 0.254 e. The summed E-state index contributed by atoms with van der Waals surface area (Å²) in [5, 5.41) is 6.12. The first-order valence-electron chi connectivity index (χ1n) is 9.27. The van der Waals surface area contributed by atoms with E-state index in [0.717, 1.165) is 57.3 Å². The molecule has 3 rings (SSSR count). The smallest absolute Gasteiger partial charge is 0.254 e. The number of carbonyl (C=O) groups is 2. The second-order valence-corrected chi connectivity index (χ2v) is 7.00. The highest BCUT2D eigenvalue weighted by Crippen LogP contribution is 2.18. The van der Waals surface area contributed by atoms with Crippen LogP contribution in [0.5, 0.6) is 0 Å². The average molecular weight is 345 g/mol. The Morgan fingerprint density at radius 1 is 1.16 bits per heavy atom. The number of amides is 2. The maximum absolute atomic E-state index is 12.5. The number of aryl methyl sites for hydroxylation is 1. The number of hydrogen-bond acceptors (Lipinski definition) is 5. The standard InChI is InChI=1S/C18H27N5O2/c1-2-3-16-15(10-19-12-20-16)18(25)22-14-6-8-23(9-7-14)11-17(24)21-13-4-5-13/h10,12-14H,2-9,11H2,1H3,(H,21,24)(H,22,25). The number of hydrogen-bond donors (Lipinski definition) is 2. The van der Waals surface area contributed by atoms with E-state index in [2.05, 4.69) is 32.4 Å². The molecule has 2 fully saturated rings. The summed E-state index contributed by atoms with van der Waals surface area (Å²) >= 11 is 0. The van der Waals surface area contributed by atoms with Crippen molar-refractivity contribution in [2.45, 2.75) is 57.5 Å². The molecule has 1 aliphatic heterocycles. The third-order valence-electron chi connectivity index (χ3n) is 4.76. The molecule has 1 aliphatic carbocycles. The lowest BCUT2D eigenvalue weighted by Gasteiger charge is -2.31. The number of aromatic nitrogens is 2. The molecule has 0 radical (unpaired) electrons. The van der Waals surface area contributed by atoms with E-state index in [1.807, 2.05) is 0 Å². The Balaban J connectivity index is 1.45. The minimum Gasteiger partial charge on any atom is -0.352 e. The second kappa shape index (κ2) is 8.38. The van der Waals surface area contributed by atoms with Gasteiger partial charge in [-0.3, -0.25) is 14.5 Å². The quantitative estimate of drug-likeness (QED) is 0.767. The lowest BCUT2D eigenvalue weighted by molar-refractivity contribution is -0.122. The molecule has 7 heteroatoms. The molecule has 1 aromatic rings. The molecule has 7 nitrogen and oxygen atoms in total. The van der Waals surface area contributed by atoms with E-state index in [1.165, 1.54) is 6.33 Å². The summed E-state index contributed by atoms with van der Waals surface area (Å²) in [6.45, 7) is 4.19. The minimum absolute atomic E-state index is 0.0889. The van der Waals surface area contributed by atoms with Gasteiger partial charge in [-0.25, -0.2) is 9.97 Å². The lowest BCUT2D eigenvalue weighted by Crippen LogP contribution is -2.47. The van der Waals surface area contributed by atoms with Crippen molar-refractivity contribution in [3.8, 4) is 0 Å². The first-order valence-corrected chi connectivity index (χ1v) is 9.27. The summed E-state index contributed by atoms with van der Waals surface area (Å²) in [5.74, 6) is 0.0320. The fourth-order valence-electron chi connectivity index (χ4n) is 3.18. The van der Waals surface area contributed by atoms with Crippen molar-refractivity contribution in [2.24, 2.45) is 0 Å². The molecule has 0 unspecified atom stereocenters. The molecular weight excluding hydrogens is 318 g/mol. The van der Waals surface area contributed by atoms with Crippen LogP contribution >= 0.6 is 0 Å². The van der Waals surface area contributed by atoms with Gasteiger partial charge in [-0.2, -0.15) is 0 Å². The SMILES string of the molecule is CCCc1ncncc1C(=O)NC1CCN(CC(=O)NC2CC2)CC1. The predicted octanol–water partition coefficient (Wildman–Crippen LogP) is 0.902. The van der Waals surface area contributed by atoms with Crippen molar-refractivity contribution < 1.29 is 9.59 Å². The fraction of sp³-hybridized carbons (Fsp3) is 0.667. The molecule has 2 heterocycles. The average Bonchev–Trinajstić information content (AvgIpc) is 3.41. The van der Waals surface area contributed by atoms with Crippen molar-refractivity contribution in [2.75, 3.05) is 19.6 Å². The van der Waals surface area contributed by atoms with Crippen LogP contribution in [0.1, 0.15) is 55.1 Å². The zero-order valence-corrected chi connectivity index (χ0v) is 14.8. The zero-order valence-electron chi connectivity index (χ0n) is 14.8. The van der Waals surface area contributed by atoms with E-state index in [9.17, 15) is 9.59 Å². The third kappa shape index (κ3) is 5.22. The van der Waals surface area contributed by atoms with Crippen molar-refractivity contribution in [3.05, 3.63) is 23.8 Å². The van der Waals surface area contributed by atoms with Crippen molar-refractivity contribution in [1.29, 1.82) is 0 Å². The van der Waals surface area contributed by atoms with Gasteiger partial charge < -0.3 is 10.6 Å². The van der Waals surface area contributed by atoms with E-state index in [4.69, 9.17) is 0 Å². The predicted molar refractivity (Wildman–Crippen MR) is 94.1 cm³/mol. The Morgan fingerprint density at radius 2 is 1.88 bits per heavy atom. The molecule has 0 aromatic carbocycles. The normalized spacial score (nSPS) is 18.8. The molecule has 0 bridgehead atoms. The van der Waals surface area contributed by atoms with Crippen LogP contribution in [0.4, 0.5) is 0 Å². The number of nitrogens with zero attached hydrogens (tertiary/aromatic N) is 3. The zero-order chi connectivity index (χ0) is 17.6. The Hall–Kier alpha value is -2.02. The number of rotatable bonds is 7. The van der Waals surface area contributed by atoms with Gasteiger partial charge in [0.15, 0.2) is 0 Å². The molecule has 0 atom stereocenters. The van der Waals surface area contributed by atoms with Crippen LogP contribution in [-0.4, -0.2) is 58.4 Å². The largest absolute Gasteiger partial charge is 0.352 e. The van der Waals surface area contributed by atoms with E-state index in [0.29, 0.717) is 18.2 Å². The molecule has 2 aliphatic rings. The van der Waals surface area contributed by atoms with Gasteiger partial charge in [0.05, 0.1) is 17.8 Å². The minimum atomic E-state index is -0.0889. The lowest BCUT2D eigenvalue weighted by atomic mass is 10.0. The molecule has 1 aromatic heterocycles. The van der Waals surface area contributed by atoms with Gasteiger partial charge in [0.25, 0.3) is 5.91 Å². The van der Waals surface area contributed by atoms with Crippen molar-refractivity contribution in [3.63, 3.8) is 0 Å². The van der Waals surface area contributed by atoms with E-state index in [1.54, 1.807) is 6.20 Å². The van der Waals surface area contributed by atoms with Crippen LogP contribution in [0.2, 0.25) is 0 Å². The van der Waals surface area contributed by atoms with Gasteiger partial charge in [0.1, 0.15) is 6.33 Å². The highest BCUT2D eigenvalue weighted by atomic mass is 16.2. The summed E-state index contributed by atoms with van der Waals surface area (Å²) in [4.78, 5) is 34.8. The van der Waals surface area contributed by atoms with Gasteiger partial charge in [-0.15, -0.1) is 0 Å². The molecule has 2 N–H and O–H groups in total. The van der Waals surface area contributed by atoms with E-state index >= 15 is 0 Å². The first kappa shape index (κ1) is 17.8. The summed E-state index contributed by atoms with van der Waals surface area (Å²) in [6.07, 6.45) is 8.76. The van der Waals surface area contributed by atoms with Gasteiger partial charge >= 0.3 is 0 Å². The molecule has 1 saturated heterocycles. The number of likely N-dealkylation sites (tertiary alicyclic amines) is 1. The summed E-state index contributed by atoms with van der Waals surface area (Å²) < 4.78 is 0. The van der Waals surface area contributed by atoms with Crippen LogP contribution in [0, 0.1) is 0 Å². The van der Waals surface area contributed by atoms with Gasteiger partial charge in [0.2, 0.25) is 5.91 Å². The van der Waals surface area contributed by atoms with Crippen molar-refractivity contribution >= 4 is 11.8 Å². The van der Waals surface area contributed by atoms with Crippen LogP contribution in [-0.2, 0) is 11.2 Å². The van der Waals surface area contributed by atoms with Crippen LogP contribution in [0.3, 0.4) is 0 Å². The molecule has 25 heavy (non-hydrogen) atoms. The van der Waals surface area contributed by atoms with Gasteiger partial charge in [-0.05, 0) is 32.1 Å². The van der Waals surface area contributed by atoms with Crippen LogP contribution in [0.15, 0.2) is 12.5 Å². The maximum atomic E-state index is 12.5.